The molecule has 0 radical (unpaired) electrons. The van der Waals surface area contributed by atoms with E-state index in [4.69, 9.17) is 0 Å². The molecule has 0 spiro atoms. The minimum Gasteiger partial charge on any atom is -0.338 e. The monoisotopic (exact) mass is 550 g/mol. The van der Waals surface area contributed by atoms with Gasteiger partial charge in [0, 0.05) is 48.0 Å². The largest absolute Gasteiger partial charge is 0.338 e. The van der Waals surface area contributed by atoms with Crippen LogP contribution >= 0.6 is 15.9 Å². The van der Waals surface area contributed by atoms with Crippen LogP contribution in [0.5, 0.6) is 0 Å². The number of hydrogen-bond donors (Lipinski definition) is 2. The van der Waals surface area contributed by atoms with Crippen molar-refractivity contribution >= 4 is 27.9 Å². The van der Waals surface area contributed by atoms with E-state index in [1.54, 1.807) is 12.4 Å². The van der Waals surface area contributed by atoms with Crippen molar-refractivity contribution < 1.29 is 9.59 Å². The summed E-state index contributed by atoms with van der Waals surface area (Å²) in [5.41, 5.74) is 2.82. The minimum atomic E-state index is -0.502. The van der Waals surface area contributed by atoms with Gasteiger partial charge in [0.2, 0.25) is 5.91 Å². The van der Waals surface area contributed by atoms with Crippen LogP contribution < -0.4 is 10.6 Å². The lowest BCUT2D eigenvalue weighted by Crippen LogP contribution is -2.47. The van der Waals surface area contributed by atoms with E-state index in [2.05, 4.69) is 31.5 Å². The van der Waals surface area contributed by atoms with Crippen LogP contribution in [0.1, 0.15) is 56.2 Å². The number of amides is 3. The molecule has 1 heterocycles. The minimum absolute atomic E-state index is 0.0268. The maximum absolute atomic E-state index is 14.1. The van der Waals surface area contributed by atoms with Gasteiger partial charge < -0.3 is 15.5 Å². The molecule has 36 heavy (non-hydrogen) atoms. The van der Waals surface area contributed by atoms with E-state index in [-0.39, 0.29) is 29.9 Å². The smallest absolute Gasteiger partial charge is 0.315 e. The zero-order valence-corrected chi connectivity index (χ0v) is 22.9. The second-order valence-electron chi connectivity index (χ2n) is 9.40. The molecule has 3 rings (SSSR count). The molecule has 3 aromatic rings. The van der Waals surface area contributed by atoms with Crippen LogP contribution in [0.3, 0.4) is 0 Å². The summed E-state index contributed by atoms with van der Waals surface area (Å²) in [5, 5.41) is 5.93. The Morgan fingerprint density at radius 1 is 0.861 bits per heavy atom. The highest BCUT2D eigenvalue weighted by Gasteiger charge is 2.36. The Hall–Kier alpha value is -3.19. The molecule has 190 valence electrons. The molecule has 0 saturated heterocycles. The third kappa shape index (κ3) is 7.40. The summed E-state index contributed by atoms with van der Waals surface area (Å²) in [6.45, 7) is 8.83. The van der Waals surface area contributed by atoms with Crippen molar-refractivity contribution in [2.75, 3.05) is 6.54 Å². The first kappa shape index (κ1) is 27.4. The number of carbonyl (C=O) groups excluding carboxylic acids is 2. The van der Waals surface area contributed by atoms with E-state index < -0.39 is 5.92 Å². The Bertz CT molecular complexity index is 1100. The summed E-state index contributed by atoms with van der Waals surface area (Å²) in [6, 6.07) is 21.3. The van der Waals surface area contributed by atoms with E-state index in [0.29, 0.717) is 13.1 Å². The van der Waals surface area contributed by atoms with Crippen LogP contribution in [0, 0.1) is 0 Å². The lowest BCUT2D eigenvalue weighted by atomic mass is 9.80. The standard InChI is InChI=1S/C29H35BrN4O2/c1-20(2)34(21(3)4)28(35)27(24-11-8-16-31-18-24)26(23-9-6-5-7-10-23)19-33-29(36)32-17-22-12-14-25(30)15-13-22/h5-16,18,20-21,26-27H,17,19H2,1-4H3,(H2,32,33,36). The number of urea groups is 1. The first-order valence-corrected chi connectivity index (χ1v) is 13.1. The van der Waals surface area contributed by atoms with Gasteiger partial charge in [-0.25, -0.2) is 4.79 Å². The molecule has 0 aliphatic heterocycles. The molecular weight excluding hydrogens is 516 g/mol. The van der Waals surface area contributed by atoms with Gasteiger partial charge in [-0.1, -0.05) is 64.5 Å². The fourth-order valence-electron chi connectivity index (χ4n) is 4.55. The number of rotatable bonds is 10. The zero-order valence-electron chi connectivity index (χ0n) is 21.3. The summed E-state index contributed by atoms with van der Waals surface area (Å²) in [7, 11) is 0. The van der Waals surface area contributed by atoms with Gasteiger partial charge in [0.25, 0.3) is 0 Å². The van der Waals surface area contributed by atoms with Crippen molar-refractivity contribution in [3.05, 3.63) is 100 Å². The van der Waals surface area contributed by atoms with E-state index >= 15 is 0 Å². The van der Waals surface area contributed by atoms with Crippen LogP contribution in [0.25, 0.3) is 0 Å². The summed E-state index contributed by atoms with van der Waals surface area (Å²) in [6.07, 6.45) is 3.46. The molecule has 2 unspecified atom stereocenters. The molecule has 2 N–H and O–H groups in total. The van der Waals surface area contributed by atoms with Crippen LogP contribution in [-0.4, -0.2) is 40.5 Å². The third-order valence-electron chi connectivity index (χ3n) is 6.16. The molecule has 0 fully saturated rings. The summed E-state index contributed by atoms with van der Waals surface area (Å²) in [4.78, 5) is 33.1. The maximum atomic E-state index is 14.1. The first-order chi connectivity index (χ1) is 17.3. The predicted molar refractivity (Wildman–Crippen MR) is 148 cm³/mol. The summed E-state index contributed by atoms with van der Waals surface area (Å²) in [5.74, 6) is -0.752. The molecule has 1 aromatic heterocycles. The van der Waals surface area contributed by atoms with Crippen LogP contribution in [-0.2, 0) is 11.3 Å². The third-order valence-corrected chi connectivity index (χ3v) is 6.68. The Labute approximate surface area is 222 Å². The van der Waals surface area contributed by atoms with Gasteiger partial charge in [-0.2, -0.15) is 0 Å². The molecule has 2 aromatic carbocycles. The number of carbonyl (C=O) groups is 2. The van der Waals surface area contributed by atoms with Gasteiger partial charge in [-0.15, -0.1) is 0 Å². The number of pyridine rings is 1. The fraction of sp³-hybridized carbons (Fsp3) is 0.345. The molecule has 6 nitrogen and oxygen atoms in total. The molecule has 0 aliphatic rings. The van der Waals surface area contributed by atoms with Gasteiger partial charge in [0.05, 0.1) is 5.92 Å². The van der Waals surface area contributed by atoms with E-state index in [1.807, 2.05) is 99.3 Å². The Balaban J connectivity index is 1.87. The maximum Gasteiger partial charge on any atom is 0.315 e. The van der Waals surface area contributed by atoms with Gasteiger partial charge in [-0.3, -0.25) is 9.78 Å². The van der Waals surface area contributed by atoms with Crippen LogP contribution in [0.4, 0.5) is 4.79 Å². The quantitative estimate of drug-likeness (QED) is 0.332. The van der Waals surface area contributed by atoms with E-state index in [9.17, 15) is 9.59 Å². The molecule has 3 amide bonds. The molecule has 7 heteroatoms. The van der Waals surface area contributed by atoms with Crippen molar-refractivity contribution in [2.24, 2.45) is 0 Å². The van der Waals surface area contributed by atoms with Crippen LogP contribution in [0.2, 0.25) is 0 Å². The van der Waals surface area contributed by atoms with E-state index in [1.165, 1.54) is 0 Å². The number of benzene rings is 2. The number of aromatic nitrogens is 1. The van der Waals surface area contributed by atoms with Crippen molar-refractivity contribution in [3.63, 3.8) is 0 Å². The van der Waals surface area contributed by atoms with Crippen molar-refractivity contribution in [2.45, 2.75) is 58.2 Å². The average Bonchev–Trinajstić information content (AvgIpc) is 2.86. The topological polar surface area (TPSA) is 74.3 Å². The van der Waals surface area contributed by atoms with Gasteiger partial charge in [-0.05, 0) is 62.6 Å². The molecule has 0 bridgehead atoms. The lowest BCUT2D eigenvalue weighted by molar-refractivity contribution is -0.137. The lowest BCUT2D eigenvalue weighted by Gasteiger charge is -2.37. The summed E-state index contributed by atoms with van der Waals surface area (Å²) >= 11 is 3.43. The number of nitrogens with zero attached hydrogens (tertiary/aromatic N) is 2. The fourth-order valence-corrected chi connectivity index (χ4v) is 4.82. The number of nitrogens with one attached hydrogen (secondary N) is 2. The second-order valence-corrected chi connectivity index (χ2v) is 10.3. The Morgan fingerprint density at radius 2 is 1.50 bits per heavy atom. The van der Waals surface area contributed by atoms with Crippen molar-refractivity contribution in [3.8, 4) is 0 Å². The zero-order chi connectivity index (χ0) is 26.1. The Morgan fingerprint density at radius 3 is 2.08 bits per heavy atom. The molecular formula is C29H35BrN4O2. The number of halogens is 1. The highest BCUT2D eigenvalue weighted by atomic mass is 79.9. The van der Waals surface area contributed by atoms with Gasteiger partial charge in [0.1, 0.15) is 0 Å². The second kappa shape index (κ2) is 13.2. The normalized spacial score (nSPS) is 12.8. The summed E-state index contributed by atoms with van der Waals surface area (Å²) < 4.78 is 0.990. The van der Waals surface area contributed by atoms with Crippen molar-refractivity contribution in [1.29, 1.82) is 0 Å². The average molecular weight is 552 g/mol. The van der Waals surface area contributed by atoms with Gasteiger partial charge >= 0.3 is 6.03 Å². The first-order valence-electron chi connectivity index (χ1n) is 12.3. The molecule has 2 atom stereocenters. The van der Waals surface area contributed by atoms with Crippen LogP contribution in [0.15, 0.2) is 83.6 Å². The molecule has 0 saturated carbocycles. The number of hydrogen-bond acceptors (Lipinski definition) is 3. The highest BCUT2D eigenvalue weighted by Crippen LogP contribution is 2.35. The highest BCUT2D eigenvalue weighted by molar-refractivity contribution is 9.10. The van der Waals surface area contributed by atoms with Gasteiger partial charge in [0.15, 0.2) is 0 Å². The SMILES string of the molecule is CC(C)N(C(=O)C(c1cccnc1)C(CNC(=O)NCc1ccc(Br)cc1)c1ccccc1)C(C)C. The molecule has 0 aliphatic carbocycles. The van der Waals surface area contributed by atoms with E-state index in [0.717, 1.165) is 21.2 Å². The predicted octanol–water partition coefficient (Wildman–Crippen LogP) is 5.86. The van der Waals surface area contributed by atoms with Crippen molar-refractivity contribution in [1.82, 2.24) is 20.5 Å². The Kier molecular flexibility index (Phi) is 10.1.